The lowest BCUT2D eigenvalue weighted by molar-refractivity contribution is -0.113. The van der Waals surface area contributed by atoms with E-state index in [4.69, 9.17) is 4.74 Å². The van der Waals surface area contributed by atoms with Crippen molar-refractivity contribution in [2.45, 2.75) is 13.5 Å². The molecule has 1 heterocycles. The number of para-hydroxylation sites is 1. The van der Waals surface area contributed by atoms with Gasteiger partial charge in [-0.25, -0.2) is 9.69 Å². The molecule has 0 atom stereocenters. The van der Waals surface area contributed by atoms with Crippen LogP contribution in [0.2, 0.25) is 0 Å². The summed E-state index contributed by atoms with van der Waals surface area (Å²) in [6, 6.07) is 22.0. The number of ether oxygens (including phenoxy) is 1. The van der Waals surface area contributed by atoms with Crippen molar-refractivity contribution in [3.8, 4) is 5.75 Å². The molecule has 1 aliphatic rings. The van der Waals surface area contributed by atoms with Crippen LogP contribution in [0.15, 0.2) is 83.0 Å². The van der Waals surface area contributed by atoms with Gasteiger partial charge in [0.2, 0.25) is 0 Å². The molecular formula is C24H19BrN2O3. The van der Waals surface area contributed by atoms with Crippen LogP contribution in [-0.2, 0) is 11.4 Å². The minimum atomic E-state index is -0.477. The number of hydrogen-bond acceptors (Lipinski definition) is 3. The maximum Gasteiger partial charge on any atom is 0.333 e. The van der Waals surface area contributed by atoms with Crippen LogP contribution in [0.1, 0.15) is 16.7 Å². The zero-order chi connectivity index (χ0) is 21.1. The average Bonchev–Trinajstić information content (AvgIpc) is 3.02. The molecule has 0 bridgehead atoms. The molecular weight excluding hydrogens is 444 g/mol. The van der Waals surface area contributed by atoms with E-state index in [-0.39, 0.29) is 5.70 Å². The predicted molar refractivity (Wildman–Crippen MR) is 120 cm³/mol. The van der Waals surface area contributed by atoms with E-state index in [0.717, 1.165) is 14.9 Å². The fourth-order valence-electron chi connectivity index (χ4n) is 3.11. The molecule has 3 amide bonds. The third kappa shape index (κ3) is 4.28. The van der Waals surface area contributed by atoms with E-state index in [1.807, 2.05) is 55.5 Å². The van der Waals surface area contributed by atoms with Crippen molar-refractivity contribution in [2.24, 2.45) is 0 Å². The van der Waals surface area contributed by atoms with Crippen LogP contribution in [0.3, 0.4) is 0 Å². The van der Waals surface area contributed by atoms with Crippen LogP contribution < -0.4 is 15.0 Å². The number of urea groups is 1. The molecule has 0 aliphatic carbocycles. The second-order valence-corrected chi connectivity index (χ2v) is 7.84. The highest BCUT2D eigenvalue weighted by Gasteiger charge is 2.34. The second-order valence-electron chi connectivity index (χ2n) is 6.92. The van der Waals surface area contributed by atoms with Gasteiger partial charge in [0, 0.05) is 10.0 Å². The molecule has 0 aromatic heterocycles. The molecule has 6 heteroatoms. The van der Waals surface area contributed by atoms with Crippen molar-refractivity contribution in [1.82, 2.24) is 5.32 Å². The Bertz CT molecular complexity index is 1120. The van der Waals surface area contributed by atoms with Gasteiger partial charge in [0.1, 0.15) is 18.1 Å². The molecule has 3 aromatic carbocycles. The Morgan fingerprint density at radius 2 is 1.73 bits per heavy atom. The number of carbonyl (C=O) groups excluding carboxylic acids is 2. The van der Waals surface area contributed by atoms with Crippen LogP contribution in [0.5, 0.6) is 5.75 Å². The summed E-state index contributed by atoms with van der Waals surface area (Å²) in [4.78, 5) is 26.4. The number of aryl methyl sites for hydroxylation is 1. The molecule has 5 nitrogen and oxygen atoms in total. The molecule has 1 aliphatic heterocycles. The lowest BCUT2D eigenvalue weighted by Gasteiger charge is -2.11. The molecule has 0 radical (unpaired) electrons. The number of amides is 3. The number of anilines is 1. The van der Waals surface area contributed by atoms with Gasteiger partial charge in [0.05, 0.1) is 5.69 Å². The monoisotopic (exact) mass is 462 g/mol. The molecule has 150 valence electrons. The van der Waals surface area contributed by atoms with Crippen LogP contribution in [0.4, 0.5) is 10.5 Å². The van der Waals surface area contributed by atoms with E-state index in [9.17, 15) is 9.59 Å². The average molecular weight is 463 g/mol. The SMILES string of the molecule is Cc1ccc(COc2ccc(Br)cc2/C=C2/NC(=O)N(c3ccccc3)C2=O)cc1. The Morgan fingerprint density at radius 1 is 1.00 bits per heavy atom. The van der Waals surface area contributed by atoms with Gasteiger partial charge < -0.3 is 10.1 Å². The predicted octanol–water partition coefficient (Wildman–Crippen LogP) is 5.43. The lowest BCUT2D eigenvalue weighted by Crippen LogP contribution is -2.30. The number of imide groups is 1. The number of nitrogens with one attached hydrogen (secondary N) is 1. The summed E-state index contributed by atoms with van der Waals surface area (Å²) in [7, 11) is 0. The van der Waals surface area contributed by atoms with Gasteiger partial charge in [-0.15, -0.1) is 0 Å². The summed E-state index contributed by atoms with van der Waals surface area (Å²) < 4.78 is 6.84. The first-order valence-electron chi connectivity index (χ1n) is 9.41. The molecule has 0 saturated carbocycles. The third-order valence-corrected chi connectivity index (χ3v) is 5.17. The molecule has 1 fully saturated rings. The van der Waals surface area contributed by atoms with E-state index >= 15 is 0 Å². The van der Waals surface area contributed by atoms with Crippen molar-refractivity contribution >= 4 is 39.6 Å². The zero-order valence-electron chi connectivity index (χ0n) is 16.3. The van der Waals surface area contributed by atoms with Gasteiger partial charge in [0.25, 0.3) is 5.91 Å². The highest BCUT2D eigenvalue weighted by atomic mass is 79.9. The highest BCUT2D eigenvalue weighted by Crippen LogP contribution is 2.28. The molecule has 0 unspecified atom stereocenters. The molecule has 1 saturated heterocycles. The van der Waals surface area contributed by atoms with Crippen LogP contribution in [0.25, 0.3) is 6.08 Å². The Morgan fingerprint density at radius 3 is 2.47 bits per heavy atom. The fourth-order valence-corrected chi connectivity index (χ4v) is 3.49. The smallest absolute Gasteiger partial charge is 0.333 e. The van der Waals surface area contributed by atoms with Crippen molar-refractivity contribution in [3.63, 3.8) is 0 Å². The van der Waals surface area contributed by atoms with Crippen LogP contribution in [0, 0.1) is 6.92 Å². The highest BCUT2D eigenvalue weighted by molar-refractivity contribution is 9.10. The van der Waals surface area contributed by atoms with Crippen molar-refractivity contribution in [3.05, 3.63) is 99.7 Å². The minimum Gasteiger partial charge on any atom is -0.488 e. The molecule has 1 N–H and O–H groups in total. The van der Waals surface area contributed by atoms with Crippen LogP contribution in [-0.4, -0.2) is 11.9 Å². The summed E-state index contributed by atoms with van der Waals surface area (Å²) in [5.41, 5.74) is 3.64. The topological polar surface area (TPSA) is 58.6 Å². The lowest BCUT2D eigenvalue weighted by atomic mass is 10.1. The van der Waals surface area contributed by atoms with Gasteiger partial charge >= 0.3 is 6.03 Å². The Labute approximate surface area is 183 Å². The fraction of sp³-hybridized carbons (Fsp3) is 0.0833. The van der Waals surface area contributed by atoms with E-state index < -0.39 is 11.9 Å². The van der Waals surface area contributed by atoms with E-state index in [1.54, 1.807) is 30.3 Å². The number of benzene rings is 3. The number of nitrogens with zero attached hydrogens (tertiary/aromatic N) is 1. The third-order valence-electron chi connectivity index (χ3n) is 4.68. The van der Waals surface area contributed by atoms with Gasteiger partial charge in [-0.2, -0.15) is 0 Å². The van der Waals surface area contributed by atoms with Gasteiger partial charge in [-0.3, -0.25) is 4.79 Å². The van der Waals surface area contributed by atoms with Gasteiger partial charge in [-0.1, -0.05) is 64.0 Å². The quantitative estimate of drug-likeness (QED) is 0.405. The number of rotatable bonds is 5. The first kappa shape index (κ1) is 19.9. The van der Waals surface area contributed by atoms with E-state index in [2.05, 4.69) is 21.2 Å². The normalized spacial score (nSPS) is 14.9. The van der Waals surface area contributed by atoms with E-state index in [0.29, 0.717) is 23.6 Å². The van der Waals surface area contributed by atoms with Crippen LogP contribution >= 0.6 is 15.9 Å². The maximum atomic E-state index is 12.8. The maximum absolute atomic E-state index is 12.8. The largest absolute Gasteiger partial charge is 0.488 e. The summed E-state index contributed by atoms with van der Waals surface area (Å²) in [5.74, 6) is 0.210. The van der Waals surface area contributed by atoms with Crippen molar-refractivity contribution < 1.29 is 14.3 Å². The molecule has 3 aromatic rings. The second kappa shape index (κ2) is 8.55. The standard InChI is InChI=1S/C24H19BrN2O3/c1-16-7-9-17(10-8-16)15-30-22-12-11-19(25)13-18(22)14-21-23(28)27(24(29)26-21)20-5-3-2-4-6-20/h2-14H,15H2,1H3,(H,26,29)/b21-14+. The molecule has 30 heavy (non-hydrogen) atoms. The first-order valence-corrected chi connectivity index (χ1v) is 10.2. The first-order chi connectivity index (χ1) is 14.5. The molecule has 0 spiro atoms. The Hall–Kier alpha value is -3.38. The summed E-state index contributed by atoms with van der Waals surface area (Å²) in [6.07, 6.45) is 1.64. The summed E-state index contributed by atoms with van der Waals surface area (Å²) in [6.45, 7) is 2.43. The van der Waals surface area contributed by atoms with Crippen molar-refractivity contribution in [2.75, 3.05) is 4.90 Å². The van der Waals surface area contributed by atoms with Gasteiger partial charge in [-0.05, 0) is 48.9 Å². The number of hydrogen-bond donors (Lipinski definition) is 1. The van der Waals surface area contributed by atoms with Crippen molar-refractivity contribution in [1.29, 1.82) is 0 Å². The van der Waals surface area contributed by atoms with E-state index in [1.165, 1.54) is 5.56 Å². The molecule has 4 rings (SSSR count). The Balaban J connectivity index is 1.60. The number of halogens is 1. The summed E-state index contributed by atoms with van der Waals surface area (Å²) in [5, 5.41) is 2.66. The summed E-state index contributed by atoms with van der Waals surface area (Å²) >= 11 is 3.46. The van der Waals surface area contributed by atoms with Gasteiger partial charge in [0.15, 0.2) is 0 Å². The zero-order valence-corrected chi connectivity index (χ0v) is 17.8. The Kier molecular flexibility index (Phi) is 5.68. The number of carbonyl (C=O) groups is 2. The minimum absolute atomic E-state index is 0.196.